The summed E-state index contributed by atoms with van der Waals surface area (Å²) in [6.45, 7) is 4.08. The Kier molecular flexibility index (Phi) is 7.92. The first-order chi connectivity index (χ1) is 15.5. The van der Waals surface area contributed by atoms with Crippen LogP contribution in [0.25, 0.3) is 0 Å². The molecule has 0 atom stereocenters. The summed E-state index contributed by atoms with van der Waals surface area (Å²) in [5, 5.41) is 0. The third-order valence-electron chi connectivity index (χ3n) is 5.41. The van der Waals surface area contributed by atoms with Crippen molar-refractivity contribution in [3.8, 4) is 11.5 Å². The summed E-state index contributed by atoms with van der Waals surface area (Å²) >= 11 is 0. The average molecular weight is 437 g/mol. The van der Waals surface area contributed by atoms with Gasteiger partial charge in [-0.15, -0.1) is 0 Å². The molecule has 6 heteroatoms. The Labute approximate surface area is 187 Å². The van der Waals surface area contributed by atoms with Gasteiger partial charge in [-0.3, -0.25) is 19.2 Å². The van der Waals surface area contributed by atoms with E-state index in [0.29, 0.717) is 12.8 Å². The Balaban J connectivity index is 1.88. The number of rotatable bonds is 10. The molecule has 0 radical (unpaired) electrons. The Morgan fingerprint density at radius 1 is 0.656 bits per heavy atom. The van der Waals surface area contributed by atoms with E-state index in [4.69, 9.17) is 9.47 Å². The standard InChI is InChI=1S/C26H28O6/c1-3-5-7-15-21(27)31-19-13-9-11-17-23(19)25(29)18-12-10-14-20(24(18)26(17)30)32-22(28)16-8-6-4-2/h9-14H,3-8,15-16H2,1-2H3. The Hall–Kier alpha value is -3.28. The fourth-order valence-corrected chi connectivity index (χ4v) is 3.73. The highest BCUT2D eigenvalue weighted by Gasteiger charge is 2.35. The van der Waals surface area contributed by atoms with Gasteiger partial charge in [0.25, 0.3) is 0 Å². The van der Waals surface area contributed by atoms with Crippen molar-refractivity contribution in [3.05, 3.63) is 58.7 Å². The molecule has 3 rings (SSSR count). The zero-order valence-corrected chi connectivity index (χ0v) is 18.6. The predicted octanol–water partition coefficient (Wildman–Crippen LogP) is 5.43. The number of hydrogen-bond acceptors (Lipinski definition) is 6. The van der Waals surface area contributed by atoms with E-state index in [1.807, 2.05) is 13.8 Å². The third kappa shape index (κ3) is 5.13. The molecule has 0 N–H and O–H groups in total. The number of hydrogen-bond donors (Lipinski definition) is 0. The Bertz CT molecular complexity index is 953. The lowest BCUT2D eigenvalue weighted by Crippen LogP contribution is -2.24. The van der Waals surface area contributed by atoms with Gasteiger partial charge >= 0.3 is 11.9 Å². The molecule has 0 heterocycles. The molecule has 0 spiro atoms. The molecule has 6 nitrogen and oxygen atoms in total. The van der Waals surface area contributed by atoms with Gasteiger partial charge in [-0.2, -0.15) is 0 Å². The van der Waals surface area contributed by atoms with Crippen LogP contribution in [0, 0.1) is 0 Å². The summed E-state index contributed by atoms with van der Waals surface area (Å²) in [7, 11) is 0. The number of ether oxygens (including phenoxy) is 2. The molecular weight excluding hydrogens is 408 g/mol. The minimum atomic E-state index is -0.437. The summed E-state index contributed by atoms with van der Waals surface area (Å²) in [5.74, 6) is -1.59. The van der Waals surface area contributed by atoms with Gasteiger partial charge in [-0.05, 0) is 25.0 Å². The van der Waals surface area contributed by atoms with E-state index in [2.05, 4.69) is 0 Å². The van der Waals surface area contributed by atoms with Gasteiger partial charge in [0, 0.05) is 24.0 Å². The number of ketones is 2. The molecule has 2 aromatic carbocycles. The minimum absolute atomic E-state index is 0.0697. The van der Waals surface area contributed by atoms with Crippen molar-refractivity contribution in [2.75, 3.05) is 0 Å². The lowest BCUT2D eigenvalue weighted by Gasteiger charge is -2.21. The molecule has 0 unspecified atom stereocenters. The highest BCUT2D eigenvalue weighted by molar-refractivity contribution is 6.30. The lowest BCUT2D eigenvalue weighted by molar-refractivity contribution is -0.135. The largest absolute Gasteiger partial charge is 0.426 e. The summed E-state index contributed by atoms with van der Waals surface area (Å²) < 4.78 is 10.9. The van der Waals surface area contributed by atoms with Gasteiger partial charge in [0.05, 0.1) is 11.1 Å². The SMILES string of the molecule is CCCCCC(=O)Oc1cccc2c1C(=O)c1cccc(OC(=O)CCCCC)c1C2=O. The van der Waals surface area contributed by atoms with E-state index in [-0.39, 0.29) is 46.6 Å². The molecular formula is C26H28O6. The maximum atomic E-state index is 13.3. The van der Waals surface area contributed by atoms with Crippen LogP contribution in [0.3, 0.4) is 0 Å². The van der Waals surface area contributed by atoms with Crippen molar-refractivity contribution in [2.45, 2.75) is 65.2 Å². The molecule has 0 bridgehead atoms. The van der Waals surface area contributed by atoms with E-state index in [9.17, 15) is 19.2 Å². The second-order valence-corrected chi connectivity index (χ2v) is 7.88. The summed E-state index contributed by atoms with van der Waals surface area (Å²) in [4.78, 5) is 51.0. The van der Waals surface area contributed by atoms with Gasteiger partial charge < -0.3 is 9.47 Å². The highest BCUT2D eigenvalue weighted by Crippen LogP contribution is 2.37. The smallest absolute Gasteiger partial charge is 0.311 e. The first-order valence-electron chi connectivity index (χ1n) is 11.2. The topological polar surface area (TPSA) is 86.7 Å². The van der Waals surface area contributed by atoms with E-state index in [1.165, 1.54) is 24.3 Å². The fraction of sp³-hybridized carbons (Fsp3) is 0.385. The van der Waals surface area contributed by atoms with Crippen LogP contribution in [0.2, 0.25) is 0 Å². The second kappa shape index (κ2) is 10.8. The van der Waals surface area contributed by atoms with Crippen LogP contribution in [0.4, 0.5) is 0 Å². The van der Waals surface area contributed by atoms with Crippen molar-refractivity contribution >= 4 is 23.5 Å². The quantitative estimate of drug-likeness (QED) is 0.239. The number of carbonyl (C=O) groups excluding carboxylic acids is 4. The third-order valence-corrected chi connectivity index (χ3v) is 5.41. The fourth-order valence-electron chi connectivity index (χ4n) is 3.73. The number of esters is 2. The molecule has 168 valence electrons. The molecule has 0 saturated carbocycles. The number of benzene rings is 2. The van der Waals surface area contributed by atoms with Gasteiger partial charge in [-0.25, -0.2) is 0 Å². The van der Waals surface area contributed by atoms with Gasteiger partial charge in [0.15, 0.2) is 11.6 Å². The molecule has 0 aliphatic heterocycles. The van der Waals surface area contributed by atoms with Crippen LogP contribution in [0.5, 0.6) is 11.5 Å². The first kappa shape index (κ1) is 23.4. The molecule has 2 aromatic rings. The van der Waals surface area contributed by atoms with E-state index in [0.717, 1.165) is 25.7 Å². The molecule has 32 heavy (non-hydrogen) atoms. The normalized spacial score (nSPS) is 12.2. The number of carbonyl (C=O) groups is 4. The summed E-state index contributed by atoms with van der Waals surface area (Å²) in [6.07, 6.45) is 5.66. The maximum absolute atomic E-state index is 13.3. The molecule has 0 amide bonds. The Morgan fingerprint density at radius 2 is 1.06 bits per heavy atom. The van der Waals surface area contributed by atoms with Crippen molar-refractivity contribution in [3.63, 3.8) is 0 Å². The van der Waals surface area contributed by atoms with Crippen LogP contribution < -0.4 is 9.47 Å². The van der Waals surface area contributed by atoms with Gasteiger partial charge in [0.1, 0.15) is 11.5 Å². The molecule has 0 aromatic heterocycles. The molecule has 0 fully saturated rings. The highest BCUT2D eigenvalue weighted by atomic mass is 16.5. The van der Waals surface area contributed by atoms with Gasteiger partial charge in [0.2, 0.25) is 0 Å². The zero-order chi connectivity index (χ0) is 23.1. The van der Waals surface area contributed by atoms with Crippen LogP contribution in [0.1, 0.15) is 97.1 Å². The van der Waals surface area contributed by atoms with Crippen LogP contribution >= 0.6 is 0 Å². The van der Waals surface area contributed by atoms with Crippen LogP contribution in [-0.4, -0.2) is 23.5 Å². The second-order valence-electron chi connectivity index (χ2n) is 7.88. The van der Waals surface area contributed by atoms with Crippen molar-refractivity contribution in [2.24, 2.45) is 0 Å². The monoisotopic (exact) mass is 436 g/mol. The minimum Gasteiger partial charge on any atom is -0.426 e. The molecule has 1 aliphatic carbocycles. The van der Waals surface area contributed by atoms with Gasteiger partial charge in [-0.1, -0.05) is 63.8 Å². The molecule has 0 saturated heterocycles. The molecule has 1 aliphatic rings. The first-order valence-corrected chi connectivity index (χ1v) is 11.2. The predicted molar refractivity (Wildman–Crippen MR) is 119 cm³/mol. The average Bonchev–Trinajstić information content (AvgIpc) is 2.77. The van der Waals surface area contributed by atoms with Crippen LogP contribution in [0.15, 0.2) is 36.4 Å². The van der Waals surface area contributed by atoms with Crippen LogP contribution in [-0.2, 0) is 9.59 Å². The Morgan fingerprint density at radius 3 is 1.44 bits per heavy atom. The van der Waals surface area contributed by atoms with Crippen molar-refractivity contribution in [1.82, 2.24) is 0 Å². The van der Waals surface area contributed by atoms with E-state index >= 15 is 0 Å². The summed E-state index contributed by atoms with van der Waals surface area (Å²) in [5.41, 5.74) is 0.409. The summed E-state index contributed by atoms with van der Waals surface area (Å²) in [6, 6.07) is 9.22. The van der Waals surface area contributed by atoms with E-state index < -0.39 is 23.5 Å². The maximum Gasteiger partial charge on any atom is 0.311 e. The van der Waals surface area contributed by atoms with E-state index in [1.54, 1.807) is 12.1 Å². The lowest BCUT2D eigenvalue weighted by atomic mass is 9.83. The zero-order valence-electron chi connectivity index (χ0n) is 18.6. The number of fused-ring (bicyclic) bond motifs is 2. The van der Waals surface area contributed by atoms with Crippen molar-refractivity contribution in [1.29, 1.82) is 0 Å². The van der Waals surface area contributed by atoms with Crippen molar-refractivity contribution < 1.29 is 28.7 Å². The number of unbranched alkanes of at least 4 members (excludes halogenated alkanes) is 4.